The minimum atomic E-state index is -0.936. The van der Waals surface area contributed by atoms with E-state index in [1.807, 2.05) is 0 Å². The molecule has 1 unspecified atom stereocenters. The summed E-state index contributed by atoms with van der Waals surface area (Å²) in [5.41, 5.74) is 0.653. The lowest BCUT2D eigenvalue weighted by molar-refractivity contribution is 0.0365. The fraction of sp³-hybridized carbons (Fsp3) is 0.500. The summed E-state index contributed by atoms with van der Waals surface area (Å²) < 4.78 is 19.2. The molecule has 1 saturated heterocycles. The minimum absolute atomic E-state index is 0.0586. The van der Waals surface area contributed by atoms with Gasteiger partial charge in [0.1, 0.15) is 11.9 Å². The van der Waals surface area contributed by atoms with E-state index in [1.165, 1.54) is 12.1 Å². The molecule has 1 aliphatic rings. The Balaban J connectivity index is 2.05. The maximum atomic E-state index is 14.0. The number of ether oxygens (including phenoxy) is 1. The van der Waals surface area contributed by atoms with Crippen molar-refractivity contribution < 1.29 is 14.2 Å². The number of rotatable bonds is 2. The van der Waals surface area contributed by atoms with Gasteiger partial charge in [-0.2, -0.15) is 0 Å². The smallest absolute Gasteiger partial charge is 0.128 e. The standard InChI is InChI=1S/C12H15FO2/c13-12(10-5-7-15-8-6-10)9-1-3-11(14)4-2-9/h1-4,10,12,14H,5-8H2. The molecule has 1 N–H and O–H groups in total. The Morgan fingerprint density at radius 3 is 2.40 bits per heavy atom. The van der Waals surface area contributed by atoms with Gasteiger partial charge in [-0.1, -0.05) is 12.1 Å². The van der Waals surface area contributed by atoms with Crippen LogP contribution in [0.4, 0.5) is 4.39 Å². The number of alkyl halides is 1. The summed E-state index contributed by atoms with van der Waals surface area (Å²) in [6.45, 7) is 1.31. The fourth-order valence-corrected chi connectivity index (χ4v) is 1.94. The summed E-state index contributed by atoms with van der Waals surface area (Å²) in [6, 6.07) is 6.35. The number of hydrogen-bond acceptors (Lipinski definition) is 2. The van der Waals surface area contributed by atoms with Crippen LogP contribution in [0.3, 0.4) is 0 Å². The highest BCUT2D eigenvalue weighted by Gasteiger charge is 2.24. The number of phenolic OH excluding ortho intramolecular Hbond substituents is 1. The highest BCUT2D eigenvalue weighted by Crippen LogP contribution is 2.33. The predicted octanol–water partition coefficient (Wildman–Crippen LogP) is 2.83. The molecule has 3 heteroatoms. The highest BCUT2D eigenvalue weighted by molar-refractivity contribution is 5.27. The van der Waals surface area contributed by atoms with Crippen molar-refractivity contribution in [3.63, 3.8) is 0 Å². The van der Waals surface area contributed by atoms with Gasteiger partial charge in [0.15, 0.2) is 0 Å². The van der Waals surface area contributed by atoms with Crippen LogP contribution >= 0.6 is 0 Å². The Hall–Kier alpha value is -1.09. The molecule has 1 atom stereocenters. The van der Waals surface area contributed by atoms with Crippen LogP contribution in [0.15, 0.2) is 24.3 Å². The van der Waals surface area contributed by atoms with Crippen molar-refractivity contribution in [2.45, 2.75) is 19.0 Å². The second-order valence-corrected chi connectivity index (χ2v) is 3.94. The van der Waals surface area contributed by atoms with Crippen LogP contribution in [0, 0.1) is 5.92 Å². The second-order valence-electron chi connectivity index (χ2n) is 3.94. The van der Waals surface area contributed by atoms with Gasteiger partial charge in [-0.25, -0.2) is 4.39 Å². The van der Waals surface area contributed by atoms with Gasteiger partial charge in [-0.05, 0) is 36.5 Å². The van der Waals surface area contributed by atoms with E-state index in [0.29, 0.717) is 18.8 Å². The van der Waals surface area contributed by atoms with E-state index in [9.17, 15) is 4.39 Å². The highest BCUT2D eigenvalue weighted by atomic mass is 19.1. The molecular formula is C12H15FO2. The minimum Gasteiger partial charge on any atom is -0.508 e. The maximum Gasteiger partial charge on any atom is 0.128 e. The van der Waals surface area contributed by atoms with Crippen LogP contribution in [0.1, 0.15) is 24.6 Å². The number of halogens is 1. The molecule has 1 aliphatic heterocycles. The van der Waals surface area contributed by atoms with E-state index in [4.69, 9.17) is 9.84 Å². The lowest BCUT2D eigenvalue weighted by Crippen LogP contribution is -2.19. The molecule has 1 fully saturated rings. The van der Waals surface area contributed by atoms with Gasteiger partial charge in [-0.3, -0.25) is 0 Å². The first kappa shape index (κ1) is 10.4. The Morgan fingerprint density at radius 2 is 1.80 bits per heavy atom. The molecule has 1 aromatic rings. The zero-order valence-electron chi connectivity index (χ0n) is 8.53. The van der Waals surface area contributed by atoms with E-state index < -0.39 is 6.17 Å². The molecule has 0 amide bonds. The molecule has 1 heterocycles. The normalized spacial score (nSPS) is 20.1. The average molecular weight is 210 g/mol. The molecule has 0 aromatic heterocycles. The van der Waals surface area contributed by atoms with Crippen molar-refractivity contribution in [2.24, 2.45) is 5.92 Å². The Morgan fingerprint density at radius 1 is 1.20 bits per heavy atom. The van der Waals surface area contributed by atoms with E-state index in [-0.39, 0.29) is 11.7 Å². The van der Waals surface area contributed by atoms with Gasteiger partial charge >= 0.3 is 0 Å². The first-order chi connectivity index (χ1) is 7.27. The zero-order chi connectivity index (χ0) is 10.7. The van der Waals surface area contributed by atoms with Gasteiger partial charge in [0.2, 0.25) is 0 Å². The van der Waals surface area contributed by atoms with Crippen molar-refractivity contribution in [3.8, 4) is 5.75 Å². The number of phenols is 1. The third-order valence-electron chi connectivity index (χ3n) is 2.89. The summed E-state index contributed by atoms with van der Waals surface area (Å²) >= 11 is 0. The summed E-state index contributed by atoms with van der Waals surface area (Å²) in [5, 5.41) is 9.11. The maximum absolute atomic E-state index is 14.0. The number of benzene rings is 1. The van der Waals surface area contributed by atoms with E-state index >= 15 is 0 Å². The van der Waals surface area contributed by atoms with Crippen LogP contribution in [-0.4, -0.2) is 18.3 Å². The van der Waals surface area contributed by atoms with Crippen molar-refractivity contribution >= 4 is 0 Å². The molecule has 82 valence electrons. The topological polar surface area (TPSA) is 29.5 Å². The molecule has 2 nitrogen and oxygen atoms in total. The molecule has 15 heavy (non-hydrogen) atoms. The third kappa shape index (κ3) is 2.48. The zero-order valence-corrected chi connectivity index (χ0v) is 8.53. The predicted molar refractivity (Wildman–Crippen MR) is 55.5 cm³/mol. The first-order valence-electron chi connectivity index (χ1n) is 5.28. The van der Waals surface area contributed by atoms with Crippen LogP contribution in [-0.2, 0) is 4.74 Å². The lowest BCUT2D eigenvalue weighted by Gasteiger charge is -2.25. The molecule has 0 aliphatic carbocycles. The monoisotopic (exact) mass is 210 g/mol. The van der Waals surface area contributed by atoms with Gasteiger partial charge in [0, 0.05) is 13.2 Å². The summed E-state index contributed by atoms with van der Waals surface area (Å²) in [7, 11) is 0. The largest absolute Gasteiger partial charge is 0.508 e. The van der Waals surface area contributed by atoms with Gasteiger partial charge in [-0.15, -0.1) is 0 Å². The fourth-order valence-electron chi connectivity index (χ4n) is 1.94. The molecule has 0 radical (unpaired) electrons. The van der Waals surface area contributed by atoms with Gasteiger partial charge < -0.3 is 9.84 Å². The Kier molecular flexibility index (Phi) is 3.21. The summed E-state index contributed by atoms with van der Waals surface area (Å²) in [6.07, 6.45) is 0.624. The molecule has 0 spiro atoms. The van der Waals surface area contributed by atoms with Crippen LogP contribution in [0.2, 0.25) is 0 Å². The molecule has 0 bridgehead atoms. The van der Waals surface area contributed by atoms with Crippen LogP contribution in [0.25, 0.3) is 0 Å². The number of hydrogen-bond donors (Lipinski definition) is 1. The Labute approximate surface area is 88.7 Å². The van der Waals surface area contributed by atoms with Crippen molar-refractivity contribution in [3.05, 3.63) is 29.8 Å². The Bertz CT molecular complexity index is 304. The second kappa shape index (κ2) is 4.62. The lowest BCUT2D eigenvalue weighted by atomic mass is 9.90. The van der Waals surface area contributed by atoms with Crippen molar-refractivity contribution in [2.75, 3.05) is 13.2 Å². The average Bonchev–Trinajstić information content (AvgIpc) is 2.30. The quantitative estimate of drug-likeness (QED) is 0.813. The van der Waals surface area contributed by atoms with E-state index in [2.05, 4.69) is 0 Å². The molecular weight excluding hydrogens is 195 g/mol. The number of aromatic hydroxyl groups is 1. The van der Waals surface area contributed by atoms with Crippen LogP contribution < -0.4 is 0 Å². The van der Waals surface area contributed by atoms with Crippen molar-refractivity contribution in [1.82, 2.24) is 0 Å². The molecule has 1 aromatic carbocycles. The first-order valence-corrected chi connectivity index (χ1v) is 5.28. The molecule has 2 rings (SSSR count). The third-order valence-corrected chi connectivity index (χ3v) is 2.89. The summed E-state index contributed by atoms with van der Waals surface area (Å²) in [5.74, 6) is 0.237. The molecule has 0 saturated carbocycles. The van der Waals surface area contributed by atoms with E-state index in [0.717, 1.165) is 12.8 Å². The van der Waals surface area contributed by atoms with Gasteiger partial charge in [0.25, 0.3) is 0 Å². The summed E-state index contributed by atoms with van der Waals surface area (Å²) in [4.78, 5) is 0. The van der Waals surface area contributed by atoms with Gasteiger partial charge in [0.05, 0.1) is 0 Å². The van der Waals surface area contributed by atoms with Crippen molar-refractivity contribution in [1.29, 1.82) is 0 Å². The van der Waals surface area contributed by atoms with Crippen LogP contribution in [0.5, 0.6) is 5.75 Å². The van der Waals surface area contributed by atoms with E-state index in [1.54, 1.807) is 12.1 Å². The SMILES string of the molecule is Oc1ccc(C(F)C2CCOCC2)cc1.